The Balaban J connectivity index is 1.88. The Morgan fingerprint density at radius 2 is 1.69 bits per heavy atom. The van der Waals surface area contributed by atoms with Crippen LogP contribution in [0.2, 0.25) is 0 Å². The number of hydrogen-bond donors (Lipinski definition) is 0. The van der Waals surface area contributed by atoms with E-state index in [2.05, 4.69) is 11.9 Å². The number of hydrogen-bond acceptors (Lipinski definition) is 9. The van der Waals surface area contributed by atoms with Gasteiger partial charge in [0.1, 0.15) is 0 Å². The van der Waals surface area contributed by atoms with Gasteiger partial charge in [-0.15, -0.1) is 0 Å². The van der Waals surface area contributed by atoms with Crippen LogP contribution in [0.25, 0.3) is 6.08 Å². The maximum Gasteiger partial charge on any atom is 0.338 e. The van der Waals surface area contributed by atoms with Gasteiger partial charge in [0.15, 0.2) is 27.8 Å². The molecule has 0 spiro atoms. The van der Waals surface area contributed by atoms with Gasteiger partial charge in [-0.3, -0.25) is 9.36 Å². The van der Waals surface area contributed by atoms with E-state index in [1.165, 1.54) is 23.0 Å². The summed E-state index contributed by atoms with van der Waals surface area (Å²) >= 11 is 1.24. The van der Waals surface area contributed by atoms with Crippen molar-refractivity contribution in [1.29, 1.82) is 0 Å². The van der Waals surface area contributed by atoms with Crippen LogP contribution in [0.1, 0.15) is 43.9 Å². The fraction of sp³-hybridized carbons (Fsp3) is 0.345. The Morgan fingerprint density at radius 3 is 2.36 bits per heavy atom. The van der Waals surface area contributed by atoms with Gasteiger partial charge in [-0.25, -0.2) is 9.79 Å². The molecule has 0 aliphatic carbocycles. The van der Waals surface area contributed by atoms with Crippen molar-refractivity contribution >= 4 is 23.4 Å². The molecule has 1 aliphatic heterocycles. The van der Waals surface area contributed by atoms with E-state index in [1.54, 1.807) is 58.6 Å². The van der Waals surface area contributed by atoms with Crippen molar-refractivity contribution in [3.63, 3.8) is 0 Å². The van der Waals surface area contributed by atoms with E-state index in [4.69, 9.17) is 23.7 Å². The largest absolute Gasteiger partial charge is 0.493 e. The smallest absolute Gasteiger partial charge is 0.338 e. The monoisotopic (exact) mass is 552 g/mol. The molecule has 1 aromatic heterocycles. The number of unbranched alkanes of at least 4 members (excludes halogenated alkanes) is 1. The quantitative estimate of drug-likeness (QED) is 0.280. The zero-order valence-electron chi connectivity index (χ0n) is 22.9. The summed E-state index contributed by atoms with van der Waals surface area (Å²) in [6, 6.07) is 10.1. The summed E-state index contributed by atoms with van der Waals surface area (Å²) < 4.78 is 29.3. The summed E-state index contributed by atoms with van der Waals surface area (Å²) in [5.41, 5.74) is 1.91. The molecule has 4 rings (SSSR count). The molecule has 1 aliphatic rings. The highest BCUT2D eigenvalue weighted by atomic mass is 32.1. The molecule has 1 unspecified atom stereocenters. The summed E-state index contributed by atoms with van der Waals surface area (Å²) in [5.74, 6) is 1.68. The lowest BCUT2D eigenvalue weighted by Gasteiger charge is -2.25. The van der Waals surface area contributed by atoms with E-state index in [9.17, 15) is 9.59 Å². The van der Waals surface area contributed by atoms with E-state index < -0.39 is 12.0 Å². The summed E-state index contributed by atoms with van der Waals surface area (Å²) in [4.78, 5) is 31.9. The number of rotatable bonds is 10. The van der Waals surface area contributed by atoms with Crippen LogP contribution in [0, 0.1) is 0 Å². The van der Waals surface area contributed by atoms with E-state index in [1.807, 2.05) is 12.1 Å². The fourth-order valence-corrected chi connectivity index (χ4v) is 5.45. The van der Waals surface area contributed by atoms with Crippen LogP contribution in [-0.2, 0) is 9.53 Å². The first-order chi connectivity index (χ1) is 18.9. The van der Waals surface area contributed by atoms with Gasteiger partial charge in [0.05, 0.1) is 56.9 Å². The number of carbonyl (C=O) groups is 1. The molecule has 0 saturated heterocycles. The Hall–Kier alpha value is -4.05. The van der Waals surface area contributed by atoms with Gasteiger partial charge in [-0.2, -0.15) is 0 Å². The highest BCUT2D eigenvalue weighted by molar-refractivity contribution is 7.07. The molecule has 1 atom stereocenters. The van der Waals surface area contributed by atoms with Gasteiger partial charge >= 0.3 is 5.97 Å². The molecule has 39 heavy (non-hydrogen) atoms. The second-order valence-corrected chi connectivity index (χ2v) is 9.81. The standard InChI is InChI=1S/C29H32N2O7S/c1-7-8-13-38-21-12-10-19(16-23(21)36-5)26-25(28(33)37-6)17(2)30-29-31(26)27(32)24(39-29)15-18-9-11-20(34-3)22(14-18)35-4/h9-12,14-16,26H,7-8,13H2,1-6H3. The number of methoxy groups -OCH3 is 4. The average Bonchev–Trinajstić information content (AvgIpc) is 3.25. The Bertz CT molecular complexity index is 1590. The lowest BCUT2D eigenvalue weighted by molar-refractivity contribution is -0.136. The molecule has 9 nitrogen and oxygen atoms in total. The summed E-state index contributed by atoms with van der Waals surface area (Å²) in [5, 5.41) is 0. The molecule has 0 fully saturated rings. The number of nitrogens with zero attached hydrogens (tertiary/aromatic N) is 2. The van der Waals surface area contributed by atoms with E-state index in [0.717, 1.165) is 18.4 Å². The van der Waals surface area contributed by atoms with Gasteiger partial charge in [0, 0.05) is 0 Å². The van der Waals surface area contributed by atoms with Crippen LogP contribution in [-0.4, -0.2) is 45.6 Å². The molecule has 0 amide bonds. The van der Waals surface area contributed by atoms with Crippen LogP contribution in [0.4, 0.5) is 0 Å². The molecular formula is C29H32N2O7S. The summed E-state index contributed by atoms with van der Waals surface area (Å²) in [6.45, 7) is 4.39. The first kappa shape index (κ1) is 28.0. The van der Waals surface area contributed by atoms with Crippen LogP contribution in [0.5, 0.6) is 23.0 Å². The Morgan fingerprint density at radius 1 is 1.00 bits per heavy atom. The number of ether oxygens (including phenoxy) is 5. The van der Waals surface area contributed by atoms with Crippen molar-refractivity contribution in [1.82, 2.24) is 4.57 Å². The SMILES string of the molecule is CCCCOc1ccc(C2C(C(=O)OC)=C(C)N=c3sc(=Cc4ccc(OC)c(OC)c4)c(=O)n32)cc1OC. The zero-order chi connectivity index (χ0) is 28.1. The Kier molecular flexibility index (Phi) is 8.75. The molecule has 10 heteroatoms. The van der Waals surface area contributed by atoms with E-state index in [0.29, 0.717) is 50.2 Å². The van der Waals surface area contributed by atoms with Crippen molar-refractivity contribution in [2.24, 2.45) is 4.99 Å². The predicted octanol–water partition coefficient (Wildman–Crippen LogP) is 3.61. The van der Waals surface area contributed by atoms with Crippen molar-refractivity contribution in [3.05, 3.63) is 78.5 Å². The fourth-order valence-electron chi connectivity index (χ4n) is 4.40. The minimum Gasteiger partial charge on any atom is -0.493 e. The van der Waals surface area contributed by atoms with Gasteiger partial charge < -0.3 is 23.7 Å². The van der Waals surface area contributed by atoms with E-state index >= 15 is 0 Å². The third kappa shape index (κ3) is 5.56. The number of allylic oxidation sites excluding steroid dienone is 1. The molecule has 0 radical (unpaired) electrons. The van der Waals surface area contributed by atoms with Crippen LogP contribution >= 0.6 is 11.3 Å². The van der Waals surface area contributed by atoms with Crippen molar-refractivity contribution in [3.8, 4) is 23.0 Å². The number of esters is 1. The summed E-state index contributed by atoms with van der Waals surface area (Å²) in [6.07, 6.45) is 3.69. The molecule has 2 heterocycles. The first-order valence-electron chi connectivity index (χ1n) is 12.5. The maximum atomic E-state index is 13.8. The number of fused-ring (bicyclic) bond motifs is 1. The molecular weight excluding hydrogens is 520 g/mol. The third-order valence-electron chi connectivity index (χ3n) is 6.39. The van der Waals surface area contributed by atoms with Gasteiger partial charge in [0.25, 0.3) is 5.56 Å². The average molecular weight is 553 g/mol. The normalized spacial score (nSPS) is 14.9. The topological polar surface area (TPSA) is 97.6 Å². The number of aromatic nitrogens is 1. The van der Waals surface area contributed by atoms with Gasteiger partial charge in [0.2, 0.25) is 0 Å². The molecule has 2 aromatic carbocycles. The maximum absolute atomic E-state index is 13.8. The van der Waals surface area contributed by atoms with Gasteiger partial charge in [-0.05, 0) is 54.8 Å². The summed E-state index contributed by atoms with van der Waals surface area (Å²) in [7, 11) is 5.99. The molecule has 3 aromatic rings. The highest BCUT2D eigenvalue weighted by Gasteiger charge is 2.33. The van der Waals surface area contributed by atoms with E-state index in [-0.39, 0.29) is 11.1 Å². The number of carbonyl (C=O) groups excluding carboxylic acids is 1. The second kappa shape index (κ2) is 12.2. The van der Waals surface area contributed by atoms with Gasteiger partial charge in [-0.1, -0.05) is 36.8 Å². The van der Waals surface area contributed by atoms with Crippen molar-refractivity contribution in [2.75, 3.05) is 35.0 Å². The van der Waals surface area contributed by atoms with Crippen LogP contribution < -0.4 is 33.8 Å². The van der Waals surface area contributed by atoms with Crippen molar-refractivity contribution in [2.45, 2.75) is 32.7 Å². The molecule has 206 valence electrons. The lowest BCUT2D eigenvalue weighted by atomic mass is 9.95. The molecule has 0 bridgehead atoms. The minimum absolute atomic E-state index is 0.282. The van der Waals surface area contributed by atoms with Crippen LogP contribution in [0.15, 0.2) is 57.5 Å². The predicted molar refractivity (Wildman–Crippen MR) is 149 cm³/mol. The first-order valence-corrected chi connectivity index (χ1v) is 13.3. The third-order valence-corrected chi connectivity index (χ3v) is 7.37. The zero-order valence-corrected chi connectivity index (χ0v) is 23.7. The highest BCUT2D eigenvalue weighted by Crippen LogP contribution is 2.36. The number of benzene rings is 2. The Labute approximate surface area is 230 Å². The van der Waals surface area contributed by atoms with Crippen LogP contribution in [0.3, 0.4) is 0 Å². The lowest BCUT2D eigenvalue weighted by Crippen LogP contribution is -2.39. The minimum atomic E-state index is -0.764. The number of thiazole rings is 1. The molecule has 0 saturated carbocycles. The molecule has 0 N–H and O–H groups in total. The van der Waals surface area contributed by atoms with Crippen molar-refractivity contribution < 1.29 is 28.5 Å². The second-order valence-electron chi connectivity index (χ2n) is 8.80.